The van der Waals surface area contributed by atoms with E-state index in [1.807, 2.05) is 11.8 Å². The van der Waals surface area contributed by atoms with Crippen LogP contribution in [0.4, 0.5) is 5.69 Å². The van der Waals surface area contributed by atoms with E-state index in [1.165, 1.54) is 12.4 Å². The lowest BCUT2D eigenvalue weighted by Gasteiger charge is -2.30. The van der Waals surface area contributed by atoms with E-state index in [9.17, 15) is 9.59 Å². The fourth-order valence-corrected chi connectivity index (χ4v) is 3.08. The summed E-state index contributed by atoms with van der Waals surface area (Å²) in [6, 6.07) is 8.76. The number of carbonyl (C=O) groups is 2. The molecule has 1 fully saturated rings. The summed E-state index contributed by atoms with van der Waals surface area (Å²) >= 11 is 0. The summed E-state index contributed by atoms with van der Waals surface area (Å²) < 4.78 is 5.39. The highest BCUT2D eigenvalue weighted by Crippen LogP contribution is 2.19. The van der Waals surface area contributed by atoms with E-state index in [-0.39, 0.29) is 11.8 Å². The van der Waals surface area contributed by atoms with E-state index in [0.717, 1.165) is 31.7 Å². The van der Waals surface area contributed by atoms with Gasteiger partial charge in [-0.15, -0.1) is 0 Å². The number of rotatable bonds is 5. The van der Waals surface area contributed by atoms with Gasteiger partial charge < -0.3 is 15.0 Å². The van der Waals surface area contributed by atoms with Crippen LogP contribution in [0.15, 0.2) is 42.7 Å². The summed E-state index contributed by atoms with van der Waals surface area (Å²) in [6.45, 7) is 6.22. The Bertz CT molecular complexity index is 797. The summed E-state index contributed by atoms with van der Waals surface area (Å²) in [5, 5.41) is 2.82. The summed E-state index contributed by atoms with van der Waals surface area (Å²) in [7, 11) is 0. The SMILES string of the molecule is CCOc1ccc(NC(=O)c2cncc(C(=O)N3CCC(C)CC3)c2)cc1. The lowest BCUT2D eigenvalue weighted by atomic mass is 9.98. The summed E-state index contributed by atoms with van der Waals surface area (Å²) in [5.74, 6) is 1.04. The topological polar surface area (TPSA) is 71.5 Å². The molecule has 1 aliphatic heterocycles. The van der Waals surface area contributed by atoms with E-state index in [0.29, 0.717) is 29.3 Å². The minimum Gasteiger partial charge on any atom is -0.494 e. The minimum absolute atomic E-state index is 0.0647. The van der Waals surface area contributed by atoms with E-state index in [1.54, 1.807) is 30.3 Å². The third kappa shape index (κ3) is 4.84. The molecule has 1 N–H and O–H groups in total. The van der Waals surface area contributed by atoms with Crippen molar-refractivity contribution >= 4 is 17.5 Å². The van der Waals surface area contributed by atoms with Crippen LogP contribution in [0.5, 0.6) is 5.75 Å². The van der Waals surface area contributed by atoms with Gasteiger partial charge in [0.05, 0.1) is 17.7 Å². The maximum Gasteiger partial charge on any atom is 0.257 e. The molecule has 6 nitrogen and oxygen atoms in total. The van der Waals surface area contributed by atoms with Crippen molar-refractivity contribution in [2.24, 2.45) is 5.92 Å². The Morgan fingerprint density at radius 2 is 1.81 bits per heavy atom. The quantitative estimate of drug-likeness (QED) is 0.876. The van der Waals surface area contributed by atoms with Crippen molar-refractivity contribution in [3.8, 4) is 5.75 Å². The molecule has 0 spiro atoms. The molecule has 0 saturated carbocycles. The van der Waals surface area contributed by atoms with Crippen LogP contribution in [0, 0.1) is 5.92 Å². The second kappa shape index (κ2) is 8.66. The van der Waals surface area contributed by atoms with Crippen LogP contribution < -0.4 is 10.1 Å². The molecule has 2 aromatic rings. The summed E-state index contributed by atoms with van der Waals surface area (Å²) in [6.07, 6.45) is 5.02. The van der Waals surface area contributed by atoms with Crippen molar-refractivity contribution in [1.29, 1.82) is 0 Å². The van der Waals surface area contributed by atoms with Crippen LogP contribution in [0.25, 0.3) is 0 Å². The number of anilines is 1. The molecule has 0 aliphatic carbocycles. The first-order valence-corrected chi connectivity index (χ1v) is 9.35. The molecule has 0 unspecified atom stereocenters. The number of likely N-dealkylation sites (tertiary alicyclic amines) is 1. The first kappa shape index (κ1) is 18.9. The number of hydrogen-bond acceptors (Lipinski definition) is 4. The van der Waals surface area contributed by atoms with E-state index in [4.69, 9.17) is 4.74 Å². The molecule has 1 aromatic heterocycles. The Hall–Kier alpha value is -2.89. The first-order valence-electron chi connectivity index (χ1n) is 9.35. The number of aromatic nitrogens is 1. The number of benzene rings is 1. The Balaban J connectivity index is 1.67. The maximum absolute atomic E-state index is 12.7. The number of pyridine rings is 1. The molecule has 0 atom stereocenters. The largest absolute Gasteiger partial charge is 0.494 e. The van der Waals surface area contributed by atoms with Gasteiger partial charge in [0.1, 0.15) is 5.75 Å². The third-order valence-corrected chi connectivity index (χ3v) is 4.74. The van der Waals surface area contributed by atoms with Crippen molar-refractivity contribution in [2.45, 2.75) is 26.7 Å². The number of ether oxygens (including phenoxy) is 1. The van der Waals surface area contributed by atoms with Crippen molar-refractivity contribution in [3.63, 3.8) is 0 Å². The number of nitrogens with zero attached hydrogens (tertiary/aromatic N) is 2. The Labute approximate surface area is 159 Å². The molecule has 1 saturated heterocycles. The van der Waals surface area contributed by atoms with Gasteiger partial charge in [0.2, 0.25) is 0 Å². The molecule has 142 valence electrons. The second-order valence-corrected chi connectivity index (χ2v) is 6.85. The summed E-state index contributed by atoms with van der Waals surface area (Å²) in [4.78, 5) is 31.1. The van der Waals surface area contributed by atoms with Crippen molar-refractivity contribution in [1.82, 2.24) is 9.88 Å². The average molecular weight is 367 g/mol. The van der Waals surface area contributed by atoms with Gasteiger partial charge in [-0.05, 0) is 56.0 Å². The molecular formula is C21H25N3O3. The Morgan fingerprint density at radius 3 is 2.48 bits per heavy atom. The molecule has 2 heterocycles. The number of amides is 2. The zero-order chi connectivity index (χ0) is 19.2. The second-order valence-electron chi connectivity index (χ2n) is 6.85. The zero-order valence-electron chi connectivity index (χ0n) is 15.8. The summed E-state index contributed by atoms with van der Waals surface area (Å²) in [5.41, 5.74) is 1.47. The normalized spacial score (nSPS) is 14.7. The first-order chi connectivity index (χ1) is 13.1. The number of hydrogen-bond donors (Lipinski definition) is 1. The van der Waals surface area contributed by atoms with Crippen molar-refractivity contribution in [3.05, 3.63) is 53.9 Å². The standard InChI is InChI=1S/C21H25N3O3/c1-3-27-19-6-4-18(5-7-19)23-20(25)16-12-17(14-22-13-16)21(26)24-10-8-15(2)9-11-24/h4-7,12-15H,3,8-11H2,1-2H3,(H,23,25). The van der Waals surface area contributed by atoms with Gasteiger partial charge in [-0.2, -0.15) is 0 Å². The van der Waals surface area contributed by atoms with Crippen LogP contribution in [-0.4, -0.2) is 41.4 Å². The molecule has 1 aliphatic rings. The molecule has 0 radical (unpaired) electrons. The Kier molecular flexibility index (Phi) is 6.06. The molecule has 27 heavy (non-hydrogen) atoms. The smallest absolute Gasteiger partial charge is 0.257 e. The molecule has 6 heteroatoms. The van der Waals surface area contributed by atoms with Crippen LogP contribution in [0.2, 0.25) is 0 Å². The number of nitrogens with one attached hydrogen (secondary N) is 1. The van der Waals surface area contributed by atoms with Crippen molar-refractivity contribution in [2.75, 3.05) is 25.0 Å². The predicted molar refractivity (Wildman–Crippen MR) is 104 cm³/mol. The molecule has 2 amide bonds. The van der Waals surface area contributed by atoms with Gasteiger partial charge in [0, 0.05) is 31.2 Å². The van der Waals surface area contributed by atoms with E-state index in [2.05, 4.69) is 17.2 Å². The van der Waals surface area contributed by atoms with Gasteiger partial charge in [-0.25, -0.2) is 0 Å². The highest BCUT2D eigenvalue weighted by molar-refractivity contribution is 6.05. The number of carbonyl (C=O) groups excluding carboxylic acids is 2. The highest BCUT2D eigenvalue weighted by atomic mass is 16.5. The van der Waals surface area contributed by atoms with E-state index >= 15 is 0 Å². The van der Waals surface area contributed by atoms with Gasteiger partial charge in [-0.3, -0.25) is 14.6 Å². The molecule has 1 aromatic carbocycles. The van der Waals surface area contributed by atoms with Gasteiger partial charge in [0.15, 0.2) is 0 Å². The lowest BCUT2D eigenvalue weighted by molar-refractivity contribution is 0.0697. The van der Waals surface area contributed by atoms with Crippen LogP contribution in [-0.2, 0) is 0 Å². The van der Waals surface area contributed by atoms with Crippen LogP contribution >= 0.6 is 0 Å². The average Bonchev–Trinajstić information content (AvgIpc) is 2.70. The minimum atomic E-state index is -0.298. The monoisotopic (exact) mass is 367 g/mol. The van der Waals surface area contributed by atoms with Crippen molar-refractivity contribution < 1.29 is 14.3 Å². The fraction of sp³-hybridized carbons (Fsp3) is 0.381. The van der Waals surface area contributed by atoms with Gasteiger partial charge >= 0.3 is 0 Å². The molecule has 0 bridgehead atoms. The maximum atomic E-state index is 12.7. The van der Waals surface area contributed by atoms with Crippen LogP contribution in [0.3, 0.4) is 0 Å². The number of piperidine rings is 1. The van der Waals surface area contributed by atoms with E-state index < -0.39 is 0 Å². The zero-order valence-corrected chi connectivity index (χ0v) is 15.8. The van der Waals surface area contributed by atoms with Gasteiger partial charge in [-0.1, -0.05) is 6.92 Å². The lowest BCUT2D eigenvalue weighted by Crippen LogP contribution is -2.38. The third-order valence-electron chi connectivity index (χ3n) is 4.74. The van der Waals surface area contributed by atoms with Gasteiger partial charge in [0.25, 0.3) is 11.8 Å². The van der Waals surface area contributed by atoms with Crippen LogP contribution in [0.1, 0.15) is 47.4 Å². The molecule has 3 rings (SSSR count). The predicted octanol–water partition coefficient (Wildman–Crippen LogP) is 3.60. The highest BCUT2D eigenvalue weighted by Gasteiger charge is 2.22. The Morgan fingerprint density at radius 1 is 1.15 bits per heavy atom. The fourth-order valence-electron chi connectivity index (χ4n) is 3.08. The molecular weight excluding hydrogens is 342 g/mol.